The number of nitrogens with one attached hydrogen (secondary N) is 2. The SMILES string of the molecule is c1ccc(COc2cncc(-c3cnc4[nH]nc(-c5cc6c(-c7cccnc7)nccc6[nH]5)c4c3)c2)cc1. The summed E-state index contributed by atoms with van der Waals surface area (Å²) in [5.74, 6) is 0.699. The molecule has 1 aromatic carbocycles. The van der Waals surface area contributed by atoms with Crippen LogP contribution < -0.4 is 4.74 Å². The van der Waals surface area contributed by atoms with E-state index in [9.17, 15) is 0 Å². The topological polar surface area (TPSA) is 105 Å². The van der Waals surface area contributed by atoms with E-state index in [4.69, 9.17) is 4.74 Å². The van der Waals surface area contributed by atoms with E-state index >= 15 is 0 Å². The third-order valence-corrected chi connectivity index (χ3v) is 6.45. The number of nitrogens with zero attached hydrogens (tertiary/aromatic N) is 5. The van der Waals surface area contributed by atoms with Crippen molar-refractivity contribution in [2.75, 3.05) is 0 Å². The Balaban J connectivity index is 1.24. The van der Waals surface area contributed by atoms with E-state index in [0.717, 1.165) is 55.6 Å². The van der Waals surface area contributed by atoms with Gasteiger partial charge in [-0.2, -0.15) is 5.10 Å². The van der Waals surface area contributed by atoms with Gasteiger partial charge in [-0.25, -0.2) is 4.98 Å². The first-order valence-corrected chi connectivity index (χ1v) is 12.2. The molecule has 0 aliphatic carbocycles. The lowest BCUT2D eigenvalue weighted by atomic mass is 10.1. The summed E-state index contributed by atoms with van der Waals surface area (Å²) in [6, 6.07) is 22.1. The summed E-state index contributed by atoms with van der Waals surface area (Å²) in [5.41, 5.74) is 8.11. The Hall–Kier alpha value is -5.37. The van der Waals surface area contributed by atoms with Gasteiger partial charge in [0.2, 0.25) is 0 Å². The zero-order valence-electron chi connectivity index (χ0n) is 20.2. The van der Waals surface area contributed by atoms with Gasteiger partial charge in [0.15, 0.2) is 5.65 Å². The number of benzene rings is 1. The quantitative estimate of drug-likeness (QED) is 0.284. The highest BCUT2D eigenvalue weighted by molar-refractivity contribution is 5.99. The van der Waals surface area contributed by atoms with Crippen molar-refractivity contribution in [3.05, 3.63) is 109 Å². The molecule has 7 rings (SSSR count). The maximum Gasteiger partial charge on any atom is 0.155 e. The second-order valence-corrected chi connectivity index (χ2v) is 8.92. The summed E-state index contributed by atoms with van der Waals surface area (Å²) in [6.45, 7) is 0.478. The molecule has 0 aliphatic rings. The first kappa shape index (κ1) is 21.9. The molecule has 8 nitrogen and oxygen atoms in total. The van der Waals surface area contributed by atoms with Gasteiger partial charge in [0.1, 0.15) is 18.1 Å². The third-order valence-electron chi connectivity index (χ3n) is 6.45. The van der Waals surface area contributed by atoms with Crippen LogP contribution in [0.15, 0.2) is 104 Å². The van der Waals surface area contributed by atoms with Crippen LogP contribution in [0, 0.1) is 0 Å². The van der Waals surface area contributed by atoms with Crippen molar-refractivity contribution in [1.82, 2.24) is 35.1 Å². The first-order chi connectivity index (χ1) is 18.8. The normalized spacial score (nSPS) is 11.3. The summed E-state index contributed by atoms with van der Waals surface area (Å²) < 4.78 is 5.98. The molecule has 7 aromatic rings. The van der Waals surface area contributed by atoms with E-state index in [-0.39, 0.29) is 0 Å². The molecule has 6 heterocycles. The van der Waals surface area contributed by atoms with Crippen LogP contribution in [0.4, 0.5) is 0 Å². The maximum atomic E-state index is 5.98. The molecule has 0 unspecified atom stereocenters. The number of aromatic nitrogens is 7. The van der Waals surface area contributed by atoms with Crippen LogP contribution in [-0.4, -0.2) is 35.1 Å². The molecule has 182 valence electrons. The predicted octanol–water partition coefficient (Wildman–Crippen LogP) is 6.20. The van der Waals surface area contributed by atoms with Crippen molar-refractivity contribution in [3.63, 3.8) is 0 Å². The number of H-pyrrole nitrogens is 2. The number of aromatic amines is 2. The molecular formula is C30H21N7O. The van der Waals surface area contributed by atoms with E-state index in [1.165, 1.54) is 0 Å². The Labute approximate surface area is 217 Å². The van der Waals surface area contributed by atoms with Gasteiger partial charge in [-0.1, -0.05) is 30.3 Å². The van der Waals surface area contributed by atoms with Crippen LogP contribution in [0.25, 0.3) is 55.7 Å². The molecule has 38 heavy (non-hydrogen) atoms. The molecular weight excluding hydrogens is 474 g/mol. The molecule has 2 N–H and O–H groups in total. The minimum Gasteiger partial charge on any atom is -0.487 e. The molecule has 0 bridgehead atoms. The Morgan fingerprint density at radius 1 is 0.684 bits per heavy atom. The minimum absolute atomic E-state index is 0.478. The van der Waals surface area contributed by atoms with Crippen molar-refractivity contribution in [2.24, 2.45) is 0 Å². The van der Waals surface area contributed by atoms with Gasteiger partial charge in [0.05, 0.1) is 17.6 Å². The number of hydrogen-bond donors (Lipinski definition) is 2. The lowest BCUT2D eigenvalue weighted by Gasteiger charge is -2.08. The standard InChI is InChI=1S/C30H21N7O/c1-2-5-19(6-3-1)18-38-23-11-21(15-32-17-23)22-12-25-29(36-37-30(25)34-16-22)27-13-24-26(35-27)8-10-33-28(24)20-7-4-9-31-14-20/h1-17,35H,18H2,(H,34,36,37). The summed E-state index contributed by atoms with van der Waals surface area (Å²) in [6.07, 6.45) is 10.7. The fraction of sp³-hybridized carbons (Fsp3) is 0.0333. The van der Waals surface area contributed by atoms with Crippen LogP contribution in [0.5, 0.6) is 5.75 Å². The van der Waals surface area contributed by atoms with Crippen LogP contribution in [0.1, 0.15) is 5.56 Å². The van der Waals surface area contributed by atoms with E-state index < -0.39 is 0 Å². The van der Waals surface area contributed by atoms with E-state index in [1.807, 2.05) is 73.2 Å². The number of hydrogen-bond acceptors (Lipinski definition) is 6. The molecule has 6 aromatic heterocycles. The van der Waals surface area contributed by atoms with Gasteiger partial charge in [-0.3, -0.25) is 20.1 Å². The largest absolute Gasteiger partial charge is 0.487 e. The molecule has 0 atom stereocenters. The average molecular weight is 496 g/mol. The highest BCUT2D eigenvalue weighted by Crippen LogP contribution is 2.34. The second kappa shape index (κ2) is 9.25. The molecule has 0 amide bonds. The summed E-state index contributed by atoms with van der Waals surface area (Å²) in [7, 11) is 0. The molecule has 0 radical (unpaired) electrons. The Morgan fingerprint density at radius 3 is 2.47 bits per heavy atom. The highest BCUT2D eigenvalue weighted by atomic mass is 16.5. The predicted molar refractivity (Wildman–Crippen MR) is 146 cm³/mol. The minimum atomic E-state index is 0.478. The third kappa shape index (κ3) is 4.04. The van der Waals surface area contributed by atoms with Gasteiger partial charge in [-0.15, -0.1) is 0 Å². The fourth-order valence-corrected chi connectivity index (χ4v) is 4.58. The Bertz CT molecular complexity index is 1880. The van der Waals surface area contributed by atoms with Crippen molar-refractivity contribution < 1.29 is 4.74 Å². The molecule has 0 aliphatic heterocycles. The zero-order chi connectivity index (χ0) is 25.3. The Kier molecular flexibility index (Phi) is 5.33. The summed E-state index contributed by atoms with van der Waals surface area (Å²) in [5, 5.41) is 9.55. The van der Waals surface area contributed by atoms with E-state index in [1.54, 1.807) is 18.6 Å². The van der Waals surface area contributed by atoms with Crippen LogP contribution >= 0.6 is 0 Å². The summed E-state index contributed by atoms with van der Waals surface area (Å²) in [4.78, 5) is 21.4. The number of ether oxygens (including phenoxy) is 1. The van der Waals surface area contributed by atoms with Gasteiger partial charge in [0, 0.05) is 64.0 Å². The monoisotopic (exact) mass is 495 g/mol. The van der Waals surface area contributed by atoms with E-state index in [2.05, 4.69) is 47.2 Å². The fourth-order valence-electron chi connectivity index (χ4n) is 4.58. The van der Waals surface area contributed by atoms with Crippen molar-refractivity contribution >= 4 is 21.9 Å². The van der Waals surface area contributed by atoms with Gasteiger partial charge in [-0.05, 0) is 42.0 Å². The number of pyridine rings is 4. The lowest BCUT2D eigenvalue weighted by Crippen LogP contribution is -1.96. The van der Waals surface area contributed by atoms with Gasteiger partial charge >= 0.3 is 0 Å². The molecule has 0 fully saturated rings. The van der Waals surface area contributed by atoms with Gasteiger partial charge in [0.25, 0.3) is 0 Å². The lowest BCUT2D eigenvalue weighted by molar-refractivity contribution is 0.305. The maximum absolute atomic E-state index is 5.98. The zero-order valence-corrected chi connectivity index (χ0v) is 20.2. The molecule has 0 spiro atoms. The number of rotatable bonds is 6. The summed E-state index contributed by atoms with van der Waals surface area (Å²) >= 11 is 0. The van der Waals surface area contributed by atoms with E-state index in [0.29, 0.717) is 18.0 Å². The van der Waals surface area contributed by atoms with Crippen molar-refractivity contribution in [1.29, 1.82) is 0 Å². The molecule has 0 saturated carbocycles. The second-order valence-electron chi connectivity index (χ2n) is 8.92. The smallest absolute Gasteiger partial charge is 0.155 e. The first-order valence-electron chi connectivity index (χ1n) is 12.2. The van der Waals surface area contributed by atoms with Crippen LogP contribution in [0.3, 0.4) is 0 Å². The Morgan fingerprint density at radius 2 is 1.58 bits per heavy atom. The van der Waals surface area contributed by atoms with Crippen molar-refractivity contribution in [3.8, 4) is 39.5 Å². The van der Waals surface area contributed by atoms with Crippen LogP contribution in [-0.2, 0) is 6.61 Å². The number of fused-ring (bicyclic) bond motifs is 2. The molecule has 0 saturated heterocycles. The average Bonchev–Trinajstić information content (AvgIpc) is 3.61. The van der Waals surface area contributed by atoms with Crippen molar-refractivity contribution in [2.45, 2.75) is 6.61 Å². The van der Waals surface area contributed by atoms with Crippen LogP contribution in [0.2, 0.25) is 0 Å². The van der Waals surface area contributed by atoms with Gasteiger partial charge < -0.3 is 9.72 Å². The molecule has 8 heteroatoms. The highest BCUT2D eigenvalue weighted by Gasteiger charge is 2.16.